The summed E-state index contributed by atoms with van der Waals surface area (Å²) in [6.45, 7) is 2.10. The normalized spacial score (nSPS) is 25.0. The number of nitrogens with two attached hydrogens (primary N) is 1. The van der Waals surface area contributed by atoms with Crippen molar-refractivity contribution in [2.75, 3.05) is 7.11 Å². The summed E-state index contributed by atoms with van der Waals surface area (Å²) in [6.07, 6.45) is 5.92. The van der Waals surface area contributed by atoms with Crippen molar-refractivity contribution in [2.24, 2.45) is 5.73 Å². The number of rotatable bonds is 5. The number of benzene rings is 1. The summed E-state index contributed by atoms with van der Waals surface area (Å²) in [5.41, 5.74) is 7.26. The molecule has 1 saturated carbocycles. The van der Waals surface area contributed by atoms with E-state index in [-0.39, 0.29) is 12.1 Å². The lowest BCUT2D eigenvalue weighted by molar-refractivity contribution is 0.0205. The molecule has 1 aromatic carbocycles. The first kappa shape index (κ1) is 14.4. The van der Waals surface area contributed by atoms with Gasteiger partial charge in [-0.25, -0.2) is 0 Å². The van der Waals surface area contributed by atoms with E-state index in [1.807, 2.05) is 18.2 Å². The minimum absolute atomic E-state index is 0.0537. The van der Waals surface area contributed by atoms with Gasteiger partial charge in [-0.3, -0.25) is 0 Å². The molecule has 0 heterocycles. The van der Waals surface area contributed by atoms with Crippen molar-refractivity contribution in [3.05, 3.63) is 29.8 Å². The molecule has 3 nitrogen and oxygen atoms in total. The van der Waals surface area contributed by atoms with Gasteiger partial charge in [0.15, 0.2) is 0 Å². The zero-order chi connectivity index (χ0) is 13.7. The third-order valence-corrected chi connectivity index (χ3v) is 3.96. The van der Waals surface area contributed by atoms with Gasteiger partial charge in [0, 0.05) is 25.1 Å². The fraction of sp³-hybridized carbons (Fsp3) is 0.625. The lowest BCUT2D eigenvalue weighted by Crippen LogP contribution is -2.30. The predicted octanol–water partition coefficient (Wildman–Crippen LogP) is 3.43. The van der Waals surface area contributed by atoms with E-state index in [0.717, 1.165) is 37.0 Å². The Kier molecular flexibility index (Phi) is 5.23. The summed E-state index contributed by atoms with van der Waals surface area (Å²) in [4.78, 5) is 0. The quantitative estimate of drug-likeness (QED) is 0.885. The van der Waals surface area contributed by atoms with E-state index in [1.165, 1.54) is 6.42 Å². The Morgan fingerprint density at radius 2 is 2.00 bits per heavy atom. The first-order valence-corrected chi connectivity index (χ1v) is 7.28. The molecular weight excluding hydrogens is 238 g/mol. The molecule has 2 rings (SSSR count). The topological polar surface area (TPSA) is 44.5 Å². The maximum Gasteiger partial charge on any atom is 0.124 e. The molecule has 0 aliphatic heterocycles. The van der Waals surface area contributed by atoms with Crippen LogP contribution in [0.4, 0.5) is 0 Å². The molecule has 3 atom stereocenters. The van der Waals surface area contributed by atoms with Gasteiger partial charge in [-0.1, -0.05) is 25.1 Å². The molecular formula is C16H25NO2. The minimum atomic E-state index is 0.0537. The second-order valence-corrected chi connectivity index (χ2v) is 5.32. The Bertz CT molecular complexity index is 394. The van der Waals surface area contributed by atoms with Gasteiger partial charge >= 0.3 is 0 Å². The summed E-state index contributed by atoms with van der Waals surface area (Å²) in [7, 11) is 1.79. The van der Waals surface area contributed by atoms with Crippen molar-refractivity contribution in [3.63, 3.8) is 0 Å². The Labute approximate surface area is 116 Å². The second-order valence-electron chi connectivity index (χ2n) is 5.32. The summed E-state index contributed by atoms with van der Waals surface area (Å²) < 4.78 is 11.6. The standard InChI is InChI=1S/C16H25NO2/c1-3-15(17)14-9-4-5-10-16(14)19-13-8-6-7-12(11-13)18-2/h4-5,9-10,12-13,15H,3,6-8,11,17H2,1-2H3/t12?,13?,15-/m0/s1. The second kappa shape index (κ2) is 6.92. The zero-order valence-corrected chi connectivity index (χ0v) is 12.0. The number of para-hydroxylation sites is 1. The molecule has 2 N–H and O–H groups in total. The van der Waals surface area contributed by atoms with Crippen LogP contribution in [0.1, 0.15) is 50.6 Å². The highest BCUT2D eigenvalue weighted by atomic mass is 16.5. The smallest absolute Gasteiger partial charge is 0.124 e. The van der Waals surface area contributed by atoms with Crippen molar-refractivity contribution in [1.29, 1.82) is 0 Å². The van der Waals surface area contributed by atoms with Crippen LogP contribution in [0.25, 0.3) is 0 Å². The molecule has 2 unspecified atom stereocenters. The Balaban J connectivity index is 2.06. The van der Waals surface area contributed by atoms with E-state index in [9.17, 15) is 0 Å². The van der Waals surface area contributed by atoms with Gasteiger partial charge < -0.3 is 15.2 Å². The molecule has 0 saturated heterocycles. The lowest BCUT2D eigenvalue weighted by Gasteiger charge is -2.29. The minimum Gasteiger partial charge on any atom is -0.490 e. The third kappa shape index (κ3) is 3.71. The Morgan fingerprint density at radius 3 is 2.74 bits per heavy atom. The molecule has 0 radical (unpaired) electrons. The van der Waals surface area contributed by atoms with Crippen LogP contribution in [0.5, 0.6) is 5.75 Å². The first-order chi connectivity index (χ1) is 9.24. The fourth-order valence-corrected chi connectivity index (χ4v) is 2.72. The number of hydrogen-bond acceptors (Lipinski definition) is 3. The molecule has 1 fully saturated rings. The number of ether oxygens (including phenoxy) is 2. The van der Waals surface area contributed by atoms with Crippen molar-refractivity contribution < 1.29 is 9.47 Å². The average Bonchev–Trinajstić information content (AvgIpc) is 2.47. The van der Waals surface area contributed by atoms with E-state index < -0.39 is 0 Å². The van der Waals surface area contributed by atoms with Crippen LogP contribution in [-0.2, 0) is 4.74 Å². The van der Waals surface area contributed by atoms with Gasteiger partial charge in [0.1, 0.15) is 11.9 Å². The first-order valence-electron chi connectivity index (χ1n) is 7.28. The number of methoxy groups -OCH3 is 1. The molecule has 0 spiro atoms. The van der Waals surface area contributed by atoms with E-state index in [0.29, 0.717) is 6.10 Å². The Morgan fingerprint density at radius 1 is 1.26 bits per heavy atom. The van der Waals surface area contributed by atoms with Gasteiger partial charge in [0.2, 0.25) is 0 Å². The molecule has 1 aromatic rings. The molecule has 3 heteroatoms. The molecule has 106 valence electrons. The summed E-state index contributed by atoms with van der Waals surface area (Å²) in [5.74, 6) is 0.943. The summed E-state index contributed by atoms with van der Waals surface area (Å²) >= 11 is 0. The van der Waals surface area contributed by atoms with E-state index in [2.05, 4.69) is 13.0 Å². The maximum absolute atomic E-state index is 6.18. The van der Waals surface area contributed by atoms with Crippen LogP contribution in [0, 0.1) is 0 Å². The van der Waals surface area contributed by atoms with Crippen molar-refractivity contribution >= 4 is 0 Å². The Hall–Kier alpha value is -1.06. The van der Waals surface area contributed by atoms with Crippen LogP contribution < -0.4 is 10.5 Å². The molecule has 19 heavy (non-hydrogen) atoms. The molecule has 0 aromatic heterocycles. The van der Waals surface area contributed by atoms with Gasteiger partial charge in [-0.05, 0) is 31.7 Å². The van der Waals surface area contributed by atoms with E-state index >= 15 is 0 Å². The van der Waals surface area contributed by atoms with Gasteiger partial charge in [0.25, 0.3) is 0 Å². The molecule has 0 bridgehead atoms. The zero-order valence-electron chi connectivity index (χ0n) is 12.0. The highest BCUT2D eigenvalue weighted by Gasteiger charge is 2.24. The third-order valence-electron chi connectivity index (χ3n) is 3.96. The number of hydrogen-bond donors (Lipinski definition) is 1. The van der Waals surface area contributed by atoms with Crippen LogP contribution in [0.2, 0.25) is 0 Å². The van der Waals surface area contributed by atoms with Crippen molar-refractivity contribution in [2.45, 2.75) is 57.3 Å². The van der Waals surface area contributed by atoms with Crippen molar-refractivity contribution in [3.8, 4) is 5.75 Å². The largest absolute Gasteiger partial charge is 0.490 e. The monoisotopic (exact) mass is 263 g/mol. The fourth-order valence-electron chi connectivity index (χ4n) is 2.72. The molecule has 1 aliphatic rings. The lowest BCUT2D eigenvalue weighted by atomic mass is 9.94. The van der Waals surface area contributed by atoms with Gasteiger partial charge in [0.05, 0.1) is 6.10 Å². The van der Waals surface area contributed by atoms with E-state index in [1.54, 1.807) is 7.11 Å². The van der Waals surface area contributed by atoms with Crippen molar-refractivity contribution in [1.82, 2.24) is 0 Å². The van der Waals surface area contributed by atoms with Crippen LogP contribution in [0.15, 0.2) is 24.3 Å². The average molecular weight is 263 g/mol. The SMILES string of the molecule is CC[C@H](N)c1ccccc1OC1CCCC(OC)C1. The summed E-state index contributed by atoms with van der Waals surface area (Å²) in [6, 6.07) is 8.19. The van der Waals surface area contributed by atoms with Gasteiger partial charge in [-0.2, -0.15) is 0 Å². The summed E-state index contributed by atoms with van der Waals surface area (Å²) in [5, 5.41) is 0. The highest BCUT2D eigenvalue weighted by Crippen LogP contribution is 2.30. The van der Waals surface area contributed by atoms with Gasteiger partial charge in [-0.15, -0.1) is 0 Å². The van der Waals surface area contributed by atoms with E-state index in [4.69, 9.17) is 15.2 Å². The maximum atomic E-state index is 6.18. The molecule has 1 aliphatic carbocycles. The van der Waals surface area contributed by atoms with Crippen LogP contribution in [0.3, 0.4) is 0 Å². The van der Waals surface area contributed by atoms with Crippen LogP contribution in [-0.4, -0.2) is 19.3 Å². The predicted molar refractivity (Wildman–Crippen MR) is 77.3 cm³/mol. The molecule has 0 amide bonds. The highest BCUT2D eigenvalue weighted by molar-refractivity contribution is 5.35. The van der Waals surface area contributed by atoms with Crippen LogP contribution >= 0.6 is 0 Å².